The number of benzene rings is 9. The fourth-order valence-corrected chi connectivity index (χ4v) is 7.68. The highest BCUT2D eigenvalue weighted by molar-refractivity contribution is 6.29. The minimum absolute atomic E-state index is 0.927. The van der Waals surface area contributed by atoms with E-state index in [0.29, 0.717) is 0 Å². The highest BCUT2D eigenvalue weighted by Crippen LogP contribution is 2.46. The summed E-state index contributed by atoms with van der Waals surface area (Å²) in [6.45, 7) is 0. The van der Waals surface area contributed by atoms with Gasteiger partial charge < -0.3 is 4.42 Å². The van der Waals surface area contributed by atoms with Gasteiger partial charge >= 0.3 is 0 Å². The fraction of sp³-hybridized carbons (Fsp3) is 0. The highest BCUT2D eigenvalue weighted by Gasteiger charge is 2.18. The van der Waals surface area contributed by atoms with Crippen LogP contribution in [0.3, 0.4) is 0 Å². The Morgan fingerprint density at radius 3 is 1.36 bits per heavy atom. The van der Waals surface area contributed by atoms with E-state index in [-0.39, 0.29) is 0 Å². The van der Waals surface area contributed by atoms with E-state index in [1.54, 1.807) is 0 Å². The van der Waals surface area contributed by atoms with Gasteiger partial charge in [-0.3, -0.25) is 0 Å². The predicted octanol–water partition coefficient (Wildman–Crippen LogP) is 12.7. The van der Waals surface area contributed by atoms with Crippen molar-refractivity contribution in [1.29, 1.82) is 0 Å². The van der Waals surface area contributed by atoms with E-state index in [2.05, 4.69) is 152 Å². The maximum absolute atomic E-state index is 6.32. The molecule has 45 heavy (non-hydrogen) atoms. The molecule has 0 atom stereocenters. The molecule has 1 heterocycles. The Morgan fingerprint density at radius 1 is 0.244 bits per heavy atom. The second-order valence-corrected chi connectivity index (χ2v) is 12.0. The van der Waals surface area contributed by atoms with Gasteiger partial charge in [0, 0.05) is 10.8 Å². The van der Waals surface area contributed by atoms with Crippen LogP contribution in [0.25, 0.3) is 98.1 Å². The van der Waals surface area contributed by atoms with E-state index >= 15 is 0 Å². The van der Waals surface area contributed by atoms with Gasteiger partial charge in [-0.15, -0.1) is 0 Å². The molecule has 1 heteroatoms. The summed E-state index contributed by atoms with van der Waals surface area (Å²) < 4.78 is 6.32. The zero-order valence-corrected chi connectivity index (χ0v) is 24.4. The minimum Gasteiger partial charge on any atom is -0.456 e. The molecule has 0 fully saturated rings. The Kier molecular flexibility index (Phi) is 5.06. The lowest BCUT2D eigenvalue weighted by Crippen LogP contribution is -1.91. The quantitative estimate of drug-likeness (QED) is 0.149. The van der Waals surface area contributed by atoms with Crippen molar-refractivity contribution in [3.63, 3.8) is 0 Å². The van der Waals surface area contributed by atoms with Crippen molar-refractivity contribution in [2.45, 2.75) is 0 Å². The molecule has 0 N–H and O–H groups in total. The number of rotatable bonds is 2. The first kappa shape index (κ1) is 24.5. The molecule has 10 rings (SSSR count). The molecule has 1 aromatic heterocycles. The first-order valence-corrected chi connectivity index (χ1v) is 15.5. The van der Waals surface area contributed by atoms with E-state index in [9.17, 15) is 0 Å². The molecule has 0 radical (unpaired) electrons. The molecular formula is C44H26O. The summed E-state index contributed by atoms with van der Waals surface area (Å²) >= 11 is 0. The number of hydrogen-bond acceptors (Lipinski definition) is 1. The number of furan rings is 1. The SMILES string of the molecule is c1ccc(-c2c3ccccc3c(-c3ccc4c(c3)c3ccccc3c3cc5oc6ccccc6c5cc43)c3ccccc23)cc1. The van der Waals surface area contributed by atoms with Crippen molar-refractivity contribution < 1.29 is 4.42 Å². The maximum Gasteiger partial charge on any atom is 0.136 e. The third-order valence-electron chi connectivity index (χ3n) is 9.62. The smallest absolute Gasteiger partial charge is 0.136 e. The van der Waals surface area contributed by atoms with Gasteiger partial charge in [-0.25, -0.2) is 0 Å². The molecule has 0 saturated heterocycles. The molecule has 1 nitrogen and oxygen atoms in total. The van der Waals surface area contributed by atoms with Crippen molar-refractivity contribution in [3.05, 3.63) is 158 Å². The molecule has 0 unspecified atom stereocenters. The second kappa shape index (κ2) is 9.29. The molecule has 0 amide bonds. The molecule has 0 aliphatic rings. The van der Waals surface area contributed by atoms with Gasteiger partial charge in [0.25, 0.3) is 0 Å². The second-order valence-electron chi connectivity index (χ2n) is 12.0. The van der Waals surface area contributed by atoms with Crippen LogP contribution in [0, 0.1) is 0 Å². The number of fused-ring (bicyclic) bond motifs is 11. The lowest BCUT2D eigenvalue weighted by molar-refractivity contribution is 0.669. The predicted molar refractivity (Wildman–Crippen MR) is 192 cm³/mol. The Morgan fingerprint density at radius 2 is 0.711 bits per heavy atom. The summed E-state index contributed by atoms with van der Waals surface area (Å²) in [4.78, 5) is 0. The van der Waals surface area contributed by atoms with Crippen LogP contribution < -0.4 is 0 Å². The van der Waals surface area contributed by atoms with Crippen molar-refractivity contribution in [2.75, 3.05) is 0 Å². The average Bonchev–Trinajstić information content (AvgIpc) is 3.47. The third-order valence-corrected chi connectivity index (χ3v) is 9.62. The molecule has 0 aliphatic carbocycles. The van der Waals surface area contributed by atoms with E-state index in [1.807, 2.05) is 6.07 Å². The van der Waals surface area contributed by atoms with Crippen molar-refractivity contribution in [3.8, 4) is 22.3 Å². The van der Waals surface area contributed by atoms with Crippen LogP contribution >= 0.6 is 0 Å². The van der Waals surface area contributed by atoms with Crippen LogP contribution in [0.5, 0.6) is 0 Å². The lowest BCUT2D eigenvalue weighted by atomic mass is 9.85. The molecule has 9 aromatic carbocycles. The van der Waals surface area contributed by atoms with Gasteiger partial charge in [0.1, 0.15) is 11.2 Å². The van der Waals surface area contributed by atoms with E-state index in [4.69, 9.17) is 4.42 Å². The molecule has 0 spiro atoms. The summed E-state index contributed by atoms with van der Waals surface area (Å²) in [5.41, 5.74) is 6.90. The van der Waals surface area contributed by atoms with Crippen LogP contribution in [-0.4, -0.2) is 0 Å². The Hall–Kier alpha value is -5.92. The van der Waals surface area contributed by atoms with Crippen molar-refractivity contribution in [1.82, 2.24) is 0 Å². The van der Waals surface area contributed by atoms with E-state index in [0.717, 1.165) is 21.9 Å². The largest absolute Gasteiger partial charge is 0.456 e. The minimum atomic E-state index is 0.927. The maximum atomic E-state index is 6.32. The Bertz CT molecular complexity index is 2740. The Labute approximate surface area is 259 Å². The summed E-state index contributed by atoms with van der Waals surface area (Å²) in [6.07, 6.45) is 0. The fourth-order valence-electron chi connectivity index (χ4n) is 7.68. The first-order valence-electron chi connectivity index (χ1n) is 15.5. The van der Waals surface area contributed by atoms with Crippen molar-refractivity contribution >= 4 is 75.8 Å². The third kappa shape index (κ3) is 3.50. The van der Waals surface area contributed by atoms with Crippen LogP contribution in [0.2, 0.25) is 0 Å². The van der Waals surface area contributed by atoms with Crippen LogP contribution in [-0.2, 0) is 0 Å². The average molecular weight is 571 g/mol. The topological polar surface area (TPSA) is 13.1 Å². The zero-order valence-electron chi connectivity index (χ0n) is 24.4. The number of para-hydroxylation sites is 1. The molecule has 0 bridgehead atoms. The van der Waals surface area contributed by atoms with Crippen LogP contribution in [0.1, 0.15) is 0 Å². The standard InChI is InChI=1S/C44H26O/c1-2-12-27(13-3-1)43-33-17-6-8-19-35(33)44(36-20-9-7-18-34(36)43)28-22-23-31-37(24-28)29-14-4-5-15-30(29)39-26-42-40(25-38(31)39)32-16-10-11-21-41(32)45-42/h1-26H. The highest BCUT2D eigenvalue weighted by atomic mass is 16.3. The Balaban J connectivity index is 1.33. The van der Waals surface area contributed by atoms with Crippen LogP contribution in [0.4, 0.5) is 0 Å². The van der Waals surface area contributed by atoms with Gasteiger partial charge in [0.2, 0.25) is 0 Å². The summed E-state index contributed by atoms with van der Waals surface area (Å²) in [6, 6.07) is 57.4. The van der Waals surface area contributed by atoms with E-state index in [1.165, 1.54) is 76.1 Å². The van der Waals surface area contributed by atoms with Gasteiger partial charge in [-0.05, 0) is 100 Å². The monoisotopic (exact) mass is 570 g/mol. The first-order chi connectivity index (χ1) is 22.3. The number of hydrogen-bond donors (Lipinski definition) is 0. The van der Waals surface area contributed by atoms with Gasteiger partial charge in [0.15, 0.2) is 0 Å². The normalized spacial score (nSPS) is 12.0. The summed E-state index contributed by atoms with van der Waals surface area (Å²) in [7, 11) is 0. The van der Waals surface area contributed by atoms with Crippen LogP contribution in [0.15, 0.2) is 162 Å². The van der Waals surface area contributed by atoms with Crippen molar-refractivity contribution in [2.24, 2.45) is 0 Å². The molecule has 208 valence electrons. The molecular weight excluding hydrogens is 544 g/mol. The molecule has 10 aromatic rings. The van der Waals surface area contributed by atoms with E-state index < -0.39 is 0 Å². The summed E-state index contributed by atoms with van der Waals surface area (Å²) in [5, 5.41) is 14.9. The molecule has 0 saturated carbocycles. The van der Waals surface area contributed by atoms with Gasteiger partial charge in [-0.2, -0.15) is 0 Å². The zero-order chi connectivity index (χ0) is 29.5. The lowest BCUT2D eigenvalue weighted by Gasteiger charge is -2.18. The van der Waals surface area contributed by atoms with Gasteiger partial charge in [-0.1, -0.05) is 133 Å². The molecule has 0 aliphatic heterocycles. The van der Waals surface area contributed by atoms with Gasteiger partial charge in [0.05, 0.1) is 0 Å². The summed E-state index contributed by atoms with van der Waals surface area (Å²) in [5.74, 6) is 0.